The second kappa shape index (κ2) is 9.30. The molecule has 0 aromatic heterocycles. The number of carbonyl (C=O) groups is 1. The third-order valence-corrected chi connectivity index (χ3v) is 6.96. The number of hydrogen-bond donors (Lipinski definition) is 1. The highest BCUT2D eigenvalue weighted by Crippen LogP contribution is 2.44. The molecule has 174 valence electrons. The van der Waals surface area contributed by atoms with Gasteiger partial charge in [-0.1, -0.05) is 31.2 Å². The van der Waals surface area contributed by atoms with E-state index in [4.69, 9.17) is 4.74 Å². The average molecular weight is 450 g/mol. The van der Waals surface area contributed by atoms with Gasteiger partial charge in [-0.2, -0.15) is 13.2 Å². The number of piperidine rings is 1. The second-order valence-electron chi connectivity index (χ2n) is 9.34. The van der Waals surface area contributed by atoms with Crippen LogP contribution in [0.15, 0.2) is 30.3 Å². The quantitative estimate of drug-likeness (QED) is 0.598. The lowest BCUT2D eigenvalue weighted by atomic mass is 9.89. The average Bonchev–Trinajstić information content (AvgIpc) is 2.75. The van der Waals surface area contributed by atoms with Gasteiger partial charge in [0.25, 0.3) is 0 Å². The smallest absolute Gasteiger partial charge is 0.420 e. The molecule has 4 rings (SSSR count). The van der Waals surface area contributed by atoms with Crippen molar-refractivity contribution in [2.45, 2.75) is 64.3 Å². The van der Waals surface area contributed by atoms with Gasteiger partial charge >= 0.3 is 12.1 Å². The second-order valence-corrected chi connectivity index (χ2v) is 9.34. The van der Waals surface area contributed by atoms with Gasteiger partial charge in [-0.05, 0) is 74.5 Å². The molecule has 1 saturated heterocycles. The van der Waals surface area contributed by atoms with Crippen molar-refractivity contribution in [1.82, 2.24) is 4.90 Å². The van der Waals surface area contributed by atoms with Gasteiger partial charge in [0.1, 0.15) is 11.3 Å². The van der Waals surface area contributed by atoms with Crippen LogP contribution in [0.25, 0.3) is 10.8 Å². The third-order valence-electron chi connectivity index (χ3n) is 6.96. The summed E-state index contributed by atoms with van der Waals surface area (Å²) in [5.74, 6) is -0.664. The van der Waals surface area contributed by atoms with Crippen molar-refractivity contribution >= 4 is 16.7 Å². The predicted molar refractivity (Wildman–Crippen MR) is 117 cm³/mol. The van der Waals surface area contributed by atoms with Crippen LogP contribution in [0.1, 0.15) is 56.6 Å². The van der Waals surface area contributed by atoms with E-state index in [1.165, 1.54) is 6.07 Å². The first kappa shape index (κ1) is 22.9. The maximum atomic E-state index is 14.3. The molecule has 1 aliphatic carbocycles. The summed E-state index contributed by atoms with van der Waals surface area (Å²) < 4.78 is 49.0. The topological polar surface area (TPSA) is 49.8 Å². The highest BCUT2D eigenvalue weighted by molar-refractivity contribution is 5.91. The fraction of sp³-hybridized carbons (Fsp3) is 0.560. The number of fused-ring (bicyclic) bond motifs is 1. The van der Waals surface area contributed by atoms with Crippen LogP contribution in [0.2, 0.25) is 0 Å². The molecule has 2 aromatic carbocycles. The fourth-order valence-corrected chi connectivity index (χ4v) is 5.05. The number of carboxylic acid groups (broad SMARTS) is 1. The largest absolute Gasteiger partial charge is 0.490 e. The van der Waals surface area contributed by atoms with E-state index in [1.54, 1.807) is 24.3 Å². The fourth-order valence-electron chi connectivity index (χ4n) is 5.05. The Hall–Kier alpha value is -2.28. The molecule has 0 unspecified atom stereocenters. The molecule has 4 nitrogen and oxygen atoms in total. The van der Waals surface area contributed by atoms with Crippen molar-refractivity contribution < 1.29 is 27.8 Å². The van der Waals surface area contributed by atoms with E-state index in [1.807, 2.05) is 4.90 Å². The minimum Gasteiger partial charge on any atom is -0.490 e. The summed E-state index contributed by atoms with van der Waals surface area (Å²) in [6, 6.07) is 8.41. The molecule has 2 fully saturated rings. The molecule has 0 amide bonds. The molecule has 2 aliphatic rings. The van der Waals surface area contributed by atoms with E-state index in [2.05, 4.69) is 6.92 Å². The monoisotopic (exact) mass is 449 g/mol. The molecule has 1 saturated carbocycles. The molecule has 0 atom stereocenters. The Morgan fingerprint density at radius 1 is 1.06 bits per heavy atom. The molecule has 0 bridgehead atoms. The summed E-state index contributed by atoms with van der Waals surface area (Å²) in [6.07, 6.45) is -0.210. The molecule has 1 heterocycles. The Morgan fingerprint density at radius 3 is 2.38 bits per heavy atom. The van der Waals surface area contributed by atoms with Crippen LogP contribution >= 0.6 is 0 Å². The zero-order chi connectivity index (χ0) is 22.9. The lowest BCUT2D eigenvalue weighted by molar-refractivity contribution is -0.143. The van der Waals surface area contributed by atoms with Crippen LogP contribution in [-0.4, -0.2) is 35.2 Å². The Labute approximate surface area is 186 Å². The van der Waals surface area contributed by atoms with E-state index in [-0.39, 0.29) is 23.2 Å². The third kappa shape index (κ3) is 5.03. The van der Waals surface area contributed by atoms with E-state index in [0.29, 0.717) is 49.3 Å². The number of carboxylic acids is 1. The molecule has 1 N–H and O–H groups in total. The zero-order valence-electron chi connectivity index (χ0n) is 18.3. The summed E-state index contributed by atoms with van der Waals surface area (Å²) in [6.45, 7) is 3.65. The van der Waals surface area contributed by atoms with Crippen LogP contribution in [0.5, 0.6) is 5.75 Å². The van der Waals surface area contributed by atoms with Gasteiger partial charge < -0.3 is 9.84 Å². The normalized spacial score (nSPS) is 23.4. The Bertz CT molecular complexity index is 959. The summed E-state index contributed by atoms with van der Waals surface area (Å²) in [5, 5.41) is 9.94. The first-order valence-electron chi connectivity index (χ1n) is 11.5. The summed E-state index contributed by atoms with van der Waals surface area (Å²) in [4.78, 5) is 13.3. The van der Waals surface area contributed by atoms with Crippen LogP contribution in [0.3, 0.4) is 0 Å². The Morgan fingerprint density at radius 2 is 1.75 bits per heavy atom. The molecule has 0 radical (unpaired) electrons. The van der Waals surface area contributed by atoms with Crippen molar-refractivity contribution in [2.24, 2.45) is 11.8 Å². The maximum Gasteiger partial charge on any atom is 0.420 e. The van der Waals surface area contributed by atoms with Crippen molar-refractivity contribution in [3.8, 4) is 5.75 Å². The number of likely N-dealkylation sites (tertiary alicyclic amines) is 1. The van der Waals surface area contributed by atoms with Crippen molar-refractivity contribution in [3.63, 3.8) is 0 Å². The number of alkyl halides is 3. The summed E-state index contributed by atoms with van der Waals surface area (Å²) in [7, 11) is 0. The highest BCUT2D eigenvalue weighted by Gasteiger charge is 2.38. The predicted octanol–water partition coefficient (Wildman–Crippen LogP) is 6.11. The molecule has 1 aliphatic heterocycles. The minimum atomic E-state index is -4.54. The van der Waals surface area contributed by atoms with E-state index < -0.39 is 17.7 Å². The van der Waals surface area contributed by atoms with Gasteiger partial charge in [0.2, 0.25) is 0 Å². The SMILES string of the molecule is C[C@H]1CC[C@@H](Oc2ccc3cccc(CN4CCC(C(=O)O)CC4)c3c2C(F)(F)F)CC1. The van der Waals surface area contributed by atoms with E-state index in [0.717, 1.165) is 25.7 Å². The first-order chi connectivity index (χ1) is 15.2. The van der Waals surface area contributed by atoms with Gasteiger partial charge in [-0.25, -0.2) is 0 Å². The number of ether oxygens (including phenoxy) is 1. The number of benzene rings is 2. The Balaban J connectivity index is 1.66. The van der Waals surface area contributed by atoms with Gasteiger partial charge in [-0.3, -0.25) is 9.69 Å². The van der Waals surface area contributed by atoms with Crippen LogP contribution in [0.4, 0.5) is 13.2 Å². The molecule has 7 heteroatoms. The number of rotatable bonds is 5. The molecule has 32 heavy (non-hydrogen) atoms. The number of nitrogens with zero attached hydrogens (tertiary/aromatic N) is 1. The van der Waals surface area contributed by atoms with Crippen molar-refractivity contribution in [1.29, 1.82) is 0 Å². The van der Waals surface area contributed by atoms with Gasteiger partial charge in [0.15, 0.2) is 0 Å². The Kier molecular flexibility index (Phi) is 6.65. The first-order valence-corrected chi connectivity index (χ1v) is 11.5. The number of halogens is 3. The van der Waals surface area contributed by atoms with Crippen LogP contribution in [0, 0.1) is 11.8 Å². The molecule has 0 spiro atoms. The van der Waals surface area contributed by atoms with Gasteiger partial charge in [0.05, 0.1) is 12.0 Å². The highest BCUT2D eigenvalue weighted by atomic mass is 19.4. The van der Waals surface area contributed by atoms with Gasteiger partial charge in [0, 0.05) is 11.9 Å². The van der Waals surface area contributed by atoms with Crippen LogP contribution in [-0.2, 0) is 17.5 Å². The lowest BCUT2D eigenvalue weighted by Gasteiger charge is -2.31. The summed E-state index contributed by atoms with van der Waals surface area (Å²) >= 11 is 0. The van der Waals surface area contributed by atoms with E-state index in [9.17, 15) is 23.1 Å². The minimum absolute atomic E-state index is 0.0819. The number of aliphatic carboxylic acids is 1. The maximum absolute atomic E-state index is 14.3. The van der Waals surface area contributed by atoms with Crippen molar-refractivity contribution in [2.75, 3.05) is 13.1 Å². The molecular weight excluding hydrogens is 419 g/mol. The molecular formula is C25H30F3NO3. The number of hydrogen-bond acceptors (Lipinski definition) is 3. The van der Waals surface area contributed by atoms with Crippen LogP contribution < -0.4 is 4.74 Å². The van der Waals surface area contributed by atoms with Gasteiger partial charge in [-0.15, -0.1) is 0 Å². The standard InChI is InChI=1S/C25H30F3NO3/c1-16-5-8-20(9-6-16)32-21-10-7-17-3-2-4-19(22(17)23(21)25(26,27)28)15-29-13-11-18(12-14-29)24(30)31/h2-4,7,10,16,18,20H,5-6,8-9,11-15H2,1H3,(H,30,31)/t16-,20+. The van der Waals surface area contributed by atoms with E-state index >= 15 is 0 Å². The zero-order valence-corrected chi connectivity index (χ0v) is 18.3. The van der Waals surface area contributed by atoms with Crippen molar-refractivity contribution in [3.05, 3.63) is 41.5 Å². The lowest BCUT2D eigenvalue weighted by Crippen LogP contribution is -2.35. The summed E-state index contributed by atoms with van der Waals surface area (Å²) in [5.41, 5.74) is -0.0871. The molecule has 2 aromatic rings.